The van der Waals surface area contributed by atoms with Crippen LogP contribution in [0.5, 0.6) is 0 Å². The highest BCUT2D eigenvalue weighted by molar-refractivity contribution is 6.21. The van der Waals surface area contributed by atoms with Crippen LogP contribution in [0, 0.1) is 17.0 Å². The average molecular weight is 396 g/mol. The first-order valence-electron chi connectivity index (χ1n) is 8.79. The highest BCUT2D eigenvalue weighted by Crippen LogP contribution is 2.36. The first-order chi connectivity index (χ1) is 12.8. The number of amides is 1. The molecule has 146 valence electrons. The predicted octanol–water partition coefficient (Wildman–Crippen LogP) is 5.11. The van der Waals surface area contributed by atoms with E-state index in [0.717, 1.165) is 17.7 Å². The third-order valence-corrected chi connectivity index (χ3v) is 4.91. The van der Waals surface area contributed by atoms with Gasteiger partial charge in [-0.3, -0.25) is 4.79 Å². The number of alkyl halides is 1. The number of rotatable bonds is 8. The molecule has 0 aliphatic heterocycles. The summed E-state index contributed by atoms with van der Waals surface area (Å²) < 4.78 is 33.6. The van der Waals surface area contributed by atoms with Crippen LogP contribution in [-0.2, 0) is 4.74 Å². The molecule has 0 aliphatic carbocycles. The summed E-state index contributed by atoms with van der Waals surface area (Å²) in [7, 11) is 0. The molecule has 1 N–H and O–H groups in total. The van der Waals surface area contributed by atoms with Crippen molar-refractivity contribution in [3.63, 3.8) is 0 Å². The van der Waals surface area contributed by atoms with Gasteiger partial charge in [0.1, 0.15) is 17.2 Å². The molecule has 0 radical (unpaired) electrons. The number of hydrogen-bond acceptors (Lipinski definition) is 2. The third-order valence-electron chi connectivity index (χ3n) is 4.41. The Labute approximate surface area is 163 Å². The van der Waals surface area contributed by atoms with E-state index in [9.17, 15) is 13.6 Å². The number of hydrogen-bond donors (Lipinski definition) is 1. The lowest BCUT2D eigenvalue weighted by molar-refractivity contribution is 0.0437. The molecule has 0 aromatic heterocycles. The molecule has 0 spiro atoms. The second-order valence-corrected chi connectivity index (χ2v) is 7.46. The van der Waals surface area contributed by atoms with Crippen LogP contribution in [0.4, 0.5) is 8.78 Å². The zero-order chi connectivity index (χ0) is 20.0. The van der Waals surface area contributed by atoms with E-state index in [4.69, 9.17) is 16.3 Å². The minimum Gasteiger partial charge on any atom is -0.381 e. The smallest absolute Gasteiger partial charge is 0.257 e. The summed E-state index contributed by atoms with van der Waals surface area (Å²) in [5, 5.41) is 2.12. The first kappa shape index (κ1) is 21.3. The maximum Gasteiger partial charge on any atom is 0.257 e. The minimum absolute atomic E-state index is 0.324. The Hall–Kier alpha value is -1.98. The van der Waals surface area contributed by atoms with Gasteiger partial charge in [0.15, 0.2) is 0 Å². The van der Waals surface area contributed by atoms with E-state index in [0.29, 0.717) is 13.2 Å². The molecule has 27 heavy (non-hydrogen) atoms. The first-order valence-corrected chi connectivity index (χ1v) is 9.23. The Morgan fingerprint density at radius 3 is 2.26 bits per heavy atom. The summed E-state index contributed by atoms with van der Waals surface area (Å²) >= 11 is 6.69. The van der Waals surface area contributed by atoms with Crippen molar-refractivity contribution >= 4 is 17.5 Å². The van der Waals surface area contributed by atoms with E-state index >= 15 is 0 Å². The lowest BCUT2D eigenvalue weighted by Gasteiger charge is -2.37. The minimum atomic E-state index is -0.917. The van der Waals surface area contributed by atoms with Crippen molar-refractivity contribution in [3.05, 3.63) is 71.3 Å². The second-order valence-electron chi connectivity index (χ2n) is 6.99. The van der Waals surface area contributed by atoms with E-state index < -0.39 is 39.9 Å². The van der Waals surface area contributed by atoms with Crippen molar-refractivity contribution < 1.29 is 18.3 Å². The Morgan fingerprint density at radius 2 is 1.70 bits per heavy atom. The van der Waals surface area contributed by atoms with Crippen LogP contribution in [0.3, 0.4) is 0 Å². The van der Waals surface area contributed by atoms with E-state index in [1.54, 1.807) is 0 Å². The quantitative estimate of drug-likeness (QED) is 0.631. The number of halogens is 3. The zero-order valence-corrected chi connectivity index (χ0v) is 16.4. The van der Waals surface area contributed by atoms with Gasteiger partial charge in [-0.15, -0.1) is 11.6 Å². The molecule has 2 aromatic carbocycles. The molecule has 2 atom stereocenters. The number of carbonyl (C=O) groups is 1. The fraction of sp³-hybridized carbons (Fsp3) is 0.381. The Balaban J connectivity index is 2.36. The standard InChI is InChI=1S/C21H24ClF2NO2/c1-4-27-13-21(2,3)19(18(22)14-9-6-5-7-10-14)25-20(26)17-15(23)11-8-12-16(17)24/h5-12,18-19H,4,13H2,1-3H3,(H,25,26). The van der Waals surface area contributed by atoms with Crippen LogP contribution in [-0.4, -0.2) is 25.2 Å². The van der Waals surface area contributed by atoms with Gasteiger partial charge in [0.05, 0.1) is 18.0 Å². The summed E-state index contributed by atoms with van der Waals surface area (Å²) in [5.41, 5.74) is -0.412. The van der Waals surface area contributed by atoms with Crippen molar-refractivity contribution in [2.75, 3.05) is 13.2 Å². The molecule has 0 heterocycles. The van der Waals surface area contributed by atoms with Gasteiger partial charge in [0.2, 0.25) is 0 Å². The highest BCUT2D eigenvalue weighted by Gasteiger charge is 2.38. The van der Waals surface area contributed by atoms with Gasteiger partial charge in [-0.1, -0.05) is 50.2 Å². The van der Waals surface area contributed by atoms with E-state index in [-0.39, 0.29) is 0 Å². The summed E-state index contributed by atoms with van der Waals surface area (Å²) in [6, 6.07) is 11.9. The molecule has 0 saturated carbocycles. The molecule has 2 rings (SSSR count). The van der Waals surface area contributed by atoms with Crippen molar-refractivity contribution in [2.24, 2.45) is 5.41 Å². The molecule has 2 aromatic rings. The van der Waals surface area contributed by atoms with E-state index in [1.165, 1.54) is 6.07 Å². The van der Waals surface area contributed by atoms with Crippen LogP contribution < -0.4 is 5.32 Å². The summed E-state index contributed by atoms with van der Waals surface area (Å²) in [5.74, 6) is -2.68. The second kappa shape index (κ2) is 9.29. The molecule has 0 saturated heterocycles. The lowest BCUT2D eigenvalue weighted by Crippen LogP contribution is -2.50. The van der Waals surface area contributed by atoms with E-state index in [2.05, 4.69) is 5.32 Å². The Morgan fingerprint density at radius 1 is 1.11 bits per heavy atom. The maximum absolute atomic E-state index is 14.0. The number of ether oxygens (including phenoxy) is 1. The van der Waals surface area contributed by atoms with Gasteiger partial charge in [-0.2, -0.15) is 0 Å². The summed E-state index contributed by atoms with van der Waals surface area (Å²) in [6.07, 6.45) is 0. The van der Waals surface area contributed by atoms with Gasteiger partial charge in [-0.25, -0.2) is 8.78 Å². The predicted molar refractivity (Wildman–Crippen MR) is 103 cm³/mol. The van der Waals surface area contributed by atoms with E-state index in [1.807, 2.05) is 51.1 Å². The summed E-state index contributed by atoms with van der Waals surface area (Å²) in [6.45, 7) is 6.48. The van der Waals surface area contributed by atoms with Crippen molar-refractivity contribution in [1.82, 2.24) is 5.32 Å². The van der Waals surface area contributed by atoms with Gasteiger partial charge in [0, 0.05) is 12.0 Å². The van der Waals surface area contributed by atoms with Gasteiger partial charge in [0.25, 0.3) is 5.91 Å². The molecular formula is C21H24ClF2NO2. The van der Waals surface area contributed by atoms with Gasteiger partial charge >= 0.3 is 0 Å². The van der Waals surface area contributed by atoms with Gasteiger partial charge < -0.3 is 10.1 Å². The van der Waals surface area contributed by atoms with Crippen LogP contribution in [0.1, 0.15) is 42.1 Å². The molecule has 0 bridgehead atoms. The van der Waals surface area contributed by atoms with Crippen LogP contribution in [0.2, 0.25) is 0 Å². The SMILES string of the molecule is CCOCC(C)(C)C(NC(=O)c1c(F)cccc1F)C(Cl)c1ccccc1. The van der Waals surface area contributed by atoms with Gasteiger partial charge in [-0.05, 0) is 24.6 Å². The van der Waals surface area contributed by atoms with Crippen molar-refractivity contribution in [1.29, 1.82) is 0 Å². The molecule has 3 nitrogen and oxygen atoms in total. The fourth-order valence-corrected chi connectivity index (χ4v) is 3.43. The molecule has 1 amide bonds. The fourth-order valence-electron chi connectivity index (χ4n) is 2.88. The zero-order valence-electron chi connectivity index (χ0n) is 15.6. The molecule has 2 unspecified atom stereocenters. The lowest BCUT2D eigenvalue weighted by atomic mass is 9.81. The average Bonchev–Trinajstić information content (AvgIpc) is 2.64. The summed E-state index contributed by atoms with van der Waals surface area (Å²) in [4.78, 5) is 12.7. The normalized spacial score (nSPS) is 13.9. The topological polar surface area (TPSA) is 38.3 Å². The largest absolute Gasteiger partial charge is 0.381 e. The molecule has 0 fully saturated rings. The Kier molecular flexibility index (Phi) is 7.33. The molecule has 6 heteroatoms. The third kappa shape index (κ3) is 5.27. The molecule has 0 aliphatic rings. The Bertz CT molecular complexity index is 748. The highest BCUT2D eigenvalue weighted by atomic mass is 35.5. The van der Waals surface area contributed by atoms with Crippen LogP contribution >= 0.6 is 11.6 Å². The van der Waals surface area contributed by atoms with Crippen molar-refractivity contribution in [2.45, 2.75) is 32.2 Å². The number of benzene rings is 2. The van der Waals surface area contributed by atoms with Crippen LogP contribution in [0.15, 0.2) is 48.5 Å². The molecular weight excluding hydrogens is 372 g/mol. The van der Waals surface area contributed by atoms with Crippen LogP contribution in [0.25, 0.3) is 0 Å². The number of nitrogens with one attached hydrogen (secondary N) is 1. The number of carbonyl (C=O) groups excluding carboxylic acids is 1. The maximum atomic E-state index is 14.0. The monoisotopic (exact) mass is 395 g/mol. The van der Waals surface area contributed by atoms with Crippen molar-refractivity contribution in [3.8, 4) is 0 Å².